The third-order valence-corrected chi connectivity index (χ3v) is 4.71. The Balaban J connectivity index is 2.38. The molecule has 140 valence electrons. The number of carbonyl (C=O) groups is 2. The fourth-order valence-corrected chi connectivity index (χ4v) is 3.55. The second kappa shape index (κ2) is 5.88. The van der Waals surface area contributed by atoms with Crippen LogP contribution in [-0.4, -0.2) is 29.4 Å². The maximum Gasteiger partial charge on any atom is 0.338 e. The molecule has 0 unspecified atom stereocenters. The van der Waals surface area contributed by atoms with Crippen molar-refractivity contribution in [1.82, 2.24) is 4.90 Å². The summed E-state index contributed by atoms with van der Waals surface area (Å²) in [6.07, 6.45) is 0. The third-order valence-electron chi connectivity index (χ3n) is 4.71. The molecule has 1 spiro atoms. The highest BCUT2D eigenvalue weighted by Crippen LogP contribution is 2.53. The van der Waals surface area contributed by atoms with Crippen molar-refractivity contribution in [2.45, 2.75) is 38.7 Å². The first kappa shape index (κ1) is 18.5. The Labute approximate surface area is 157 Å². The van der Waals surface area contributed by atoms with Gasteiger partial charge in [-0.25, -0.2) is 4.79 Å². The van der Waals surface area contributed by atoms with Crippen LogP contribution >= 0.6 is 0 Å². The van der Waals surface area contributed by atoms with Gasteiger partial charge in [0.1, 0.15) is 23.0 Å². The van der Waals surface area contributed by atoms with E-state index < -0.39 is 22.9 Å². The highest BCUT2D eigenvalue weighted by molar-refractivity contribution is 6.12. The van der Waals surface area contributed by atoms with Crippen LogP contribution in [0.25, 0.3) is 0 Å². The third kappa shape index (κ3) is 2.48. The molecule has 0 aromatic heterocycles. The topological polar surface area (TPSA) is 106 Å². The number of amides is 1. The van der Waals surface area contributed by atoms with Gasteiger partial charge in [-0.2, -0.15) is 5.26 Å². The number of rotatable bonds is 1. The number of allylic oxidation sites excluding steroid dienone is 1. The SMILES string of the molecule is CC1=C(C(=O)OC(C)(C)C)[C@@]2(C(=O)N1C)C(C#N)=C(N)Oc1ccccc12. The maximum atomic E-state index is 13.4. The molecule has 2 heterocycles. The van der Waals surface area contributed by atoms with E-state index in [2.05, 4.69) is 0 Å². The molecule has 0 fully saturated rings. The van der Waals surface area contributed by atoms with Crippen molar-refractivity contribution in [2.24, 2.45) is 5.73 Å². The normalized spacial score (nSPS) is 21.9. The first-order valence-corrected chi connectivity index (χ1v) is 8.46. The summed E-state index contributed by atoms with van der Waals surface area (Å²) in [6.45, 7) is 6.86. The van der Waals surface area contributed by atoms with E-state index in [0.717, 1.165) is 0 Å². The zero-order chi connectivity index (χ0) is 20.1. The molecule has 0 saturated carbocycles. The Bertz CT molecular complexity index is 962. The lowest BCUT2D eigenvalue weighted by atomic mass is 9.68. The van der Waals surface area contributed by atoms with Gasteiger partial charge in [-0.05, 0) is 33.8 Å². The average Bonchev–Trinajstić information content (AvgIpc) is 2.76. The minimum Gasteiger partial charge on any atom is -0.457 e. The van der Waals surface area contributed by atoms with Crippen LogP contribution in [0.15, 0.2) is 47.0 Å². The van der Waals surface area contributed by atoms with Crippen molar-refractivity contribution in [3.8, 4) is 11.8 Å². The van der Waals surface area contributed by atoms with Crippen molar-refractivity contribution in [2.75, 3.05) is 7.05 Å². The number of hydrogen-bond donors (Lipinski definition) is 1. The molecule has 0 bridgehead atoms. The molecule has 7 heteroatoms. The van der Waals surface area contributed by atoms with E-state index in [0.29, 0.717) is 17.0 Å². The van der Waals surface area contributed by atoms with E-state index in [-0.39, 0.29) is 17.0 Å². The van der Waals surface area contributed by atoms with Crippen LogP contribution in [0.3, 0.4) is 0 Å². The second-order valence-electron chi connectivity index (χ2n) is 7.53. The lowest BCUT2D eigenvalue weighted by Gasteiger charge is -2.35. The number of hydrogen-bond acceptors (Lipinski definition) is 6. The van der Waals surface area contributed by atoms with Gasteiger partial charge < -0.3 is 20.1 Å². The first-order valence-electron chi connectivity index (χ1n) is 8.46. The number of benzene rings is 1. The van der Waals surface area contributed by atoms with E-state index in [9.17, 15) is 14.9 Å². The summed E-state index contributed by atoms with van der Waals surface area (Å²) >= 11 is 0. The molecule has 1 aromatic carbocycles. The Morgan fingerprint density at radius 1 is 1.33 bits per heavy atom. The number of para-hydroxylation sites is 1. The summed E-state index contributed by atoms with van der Waals surface area (Å²) in [7, 11) is 1.56. The monoisotopic (exact) mass is 367 g/mol. The molecule has 3 rings (SSSR count). The second-order valence-corrected chi connectivity index (χ2v) is 7.53. The van der Waals surface area contributed by atoms with Gasteiger partial charge in [0.2, 0.25) is 11.8 Å². The fraction of sp³-hybridized carbons (Fsp3) is 0.350. The Hall–Kier alpha value is -3.27. The summed E-state index contributed by atoms with van der Waals surface area (Å²) in [6, 6.07) is 8.73. The zero-order valence-corrected chi connectivity index (χ0v) is 15.9. The van der Waals surface area contributed by atoms with Crippen LogP contribution in [0.2, 0.25) is 0 Å². The molecular formula is C20H21N3O4. The fourth-order valence-electron chi connectivity index (χ4n) is 3.55. The predicted molar refractivity (Wildman–Crippen MR) is 96.9 cm³/mol. The highest BCUT2D eigenvalue weighted by Gasteiger charge is 2.61. The molecule has 1 atom stereocenters. The number of nitrogens with two attached hydrogens (primary N) is 1. The van der Waals surface area contributed by atoms with Crippen molar-refractivity contribution < 1.29 is 19.1 Å². The molecule has 2 aliphatic heterocycles. The summed E-state index contributed by atoms with van der Waals surface area (Å²) in [5.41, 5.74) is 4.30. The maximum absolute atomic E-state index is 13.4. The van der Waals surface area contributed by atoms with Gasteiger partial charge in [-0.3, -0.25) is 4.79 Å². The number of ether oxygens (including phenoxy) is 2. The standard InChI is InChI=1S/C20H21N3O4/c1-11-15(17(24)27-19(2,3)4)20(18(25)23(11)5)12-8-6-7-9-14(12)26-16(22)13(20)10-21/h6-9H,22H2,1-5H3/t20-/m0/s1. The number of esters is 1. The number of fused-ring (bicyclic) bond motifs is 2. The Morgan fingerprint density at radius 3 is 2.56 bits per heavy atom. The Morgan fingerprint density at radius 2 is 1.96 bits per heavy atom. The summed E-state index contributed by atoms with van der Waals surface area (Å²) < 4.78 is 11.1. The van der Waals surface area contributed by atoms with Gasteiger partial charge in [0.15, 0.2) is 5.41 Å². The molecular weight excluding hydrogens is 346 g/mol. The minimum atomic E-state index is -1.69. The van der Waals surface area contributed by atoms with Crippen molar-refractivity contribution in [1.29, 1.82) is 5.26 Å². The molecule has 0 aliphatic carbocycles. The van der Waals surface area contributed by atoms with Gasteiger partial charge in [0.05, 0.1) is 5.57 Å². The van der Waals surface area contributed by atoms with Gasteiger partial charge >= 0.3 is 5.97 Å². The zero-order valence-electron chi connectivity index (χ0n) is 15.9. The van der Waals surface area contributed by atoms with Crippen LogP contribution < -0.4 is 10.5 Å². The summed E-state index contributed by atoms with van der Waals surface area (Å²) in [5.74, 6) is -0.994. The quantitative estimate of drug-likeness (QED) is 0.762. The van der Waals surface area contributed by atoms with Gasteiger partial charge in [-0.15, -0.1) is 0 Å². The van der Waals surface area contributed by atoms with Crippen LogP contribution in [0, 0.1) is 11.3 Å². The van der Waals surface area contributed by atoms with Gasteiger partial charge in [0, 0.05) is 18.3 Å². The van der Waals surface area contributed by atoms with Crippen molar-refractivity contribution in [3.05, 3.63) is 52.6 Å². The molecule has 27 heavy (non-hydrogen) atoms. The van der Waals surface area contributed by atoms with E-state index in [1.165, 1.54) is 4.90 Å². The largest absolute Gasteiger partial charge is 0.457 e. The number of carbonyl (C=O) groups excluding carboxylic acids is 2. The van der Waals surface area contributed by atoms with Crippen LogP contribution in [0.1, 0.15) is 33.3 Å². The van der Waals surface area contributed by atoms with Crippen molar-refractivity contribution >= 4 is 11.9 Å². The summed E-state index contributed by atoms with van der Waals surface area (Å²) in [4.78, 5) is 27.9. The van der Waals surface area contributed by atoms with E-state index in [4.69, 9.17) is 15.2 Å². The molecule has 7 nitrogen and oxygen atoms in total. The first-order chi connectivity index (χ1) is 12.6. The van der Waals surface area contributed by atoms with Crippen LogP contribution in [0.4, 0.5) is 0 Å². The molecule has 0 radical (unpaired) electrons. The average molecular weight is 367 g/mol. The van der Waals surface area contributed by atoms with Crippen LogP contribution in [0.5, 0.6) is 5.75 Å². The lowest BCUT2D eigenvalue weighted by molar-refractivity contribution is -0.151. The number of nitrogens with zero attached hydrogens (tertiary/aromatic N) is 2. The van der Waals surface area contributed by atoms with Gasteiger partial charge in [0.25, 0.3) is 0 Å². The van der Waals surface area contributed by atoms with Crippen molar-refractivity contribution in [3.63, 3.8) is 0 Å². The van der Waals surface area contributed by atoms with Gasteiger partial charge in [-0.1, -0.05) is 18.2 Å². The highest BCUT2D eigenvalue weighted by atomic mass is 16.6. The van der Waals surface area contributed by atoms with Crippen LogP contribution in [-0.2, 0) is 19.7 Å². The van der Waals surface area contributed by atoms with E-state index in [1.54, 1.807) is 59.0 Å². The predicted octanol–water partition coefficient (Wildman–Crippen LogP) is 2.10. The Kier molecular flexibility index (Phi) is 4.03. The summed E-state index contributed by atoms with van der Waals surface area (Å²) in [5, 5.41) is 9.82. The lowest BCUT2D eigenvalue weighted by Crippen LogP contribution is -2.47. The number of likely N-dealkylation sites (N-methyl/N-ethyl adjacent to an activating group) is 1. The molecule has 1 amide bonds. The van der Waals surface area contributed by atoms with E-state index >= 15 is 0 Å². The molecule has 1 aromatic rings. The smallest absolute Gasteiger partial charge is 0.338 e. The molecule has 0 saturated heterocycles. The van der Waals surface area contributed by atoms with E-state index in [1.807, 2.05) is 6.07 Å². The number of nitriles is 1. The molecule has 2 aliphatic rings. The molecule has 2 N–H and O–H groups in total. The minimum absolute atomic E-state index is 0.0835.